The summed E-state index contributed by atoms with van der Waals surface area (Å²) in [5.74, 6) is 0.466. The van der Waals surface area contributed by atoms with Crippen LogP contribution in [0.1, 0.15) is 0 Å². The quantitative estimate of drug-likeness (QED) is 0.721. The molecule has 0 atom stereocenters. The lowest BCUT2D eigenvalue weighted by Crippen LogP contribution is -1.87. The Morgan fingerprint density at radius 1 is 1.16 bits per heavy atom. The van der Waals surface area contributed by atoms with E-state index >= 15 is 0 Å². The van der Waals surface area contributed by atoms with Crippen LogP contribution in [0.4, 0.5) is 5.82 Å². The summed E-state index contributed by atoms with van der Waals surface area (Å²) >= 11 is 13.7. The molecule has 0 aliphatic rings. The first-order valence-electron chi connectivity index (χ1n) is 5.49. The van der Waals surface area contributed by atoms with Gasteiger partial charge >= 0.3 is 0 Å². The Balaban J connectivity index is 2.21. The summed E-state index contributed by atoms with van der Waals surface area (Å²) in [7, 11) is 0. The number of nitrogens with zero attached hydrogens (tertiary/aromatic N) is 1. The second-order valence-electron chi connectivity index (χ2n) is 3.99. The van der Waals surface area contributed by atoms with Gasteiger partial charge in [-0.3, -0.25) is 5.10 Å². The fraction of sp³-hybridized carbons (Fsp3) is 0. The predicted molar refractivity (Wildman–Crippen MR) is 81.8 cm³/mol. The summed E-state index contributed by atoms with van der Waals surface area (Å²) in [5, 5.41) is 10.2. The van der Waals surface area contributed by atoms with Gasteiger partial charge in [-0.15, -0.1) is 11.3 Å². The molecule has 3 rings (SSSR count). The van der Waals surface area contributed by atoms with Crippen LogP contribution >= 0.6 is 34.5 Å². The van der Waals surface area contributed by atoms with Gasteiger partial charge in [0.2, 0.25) is 0 Å². The van der Waals surface area contributed by atoms with E-state index in [0.29, 0.717) is 15.9 Å². The molecule has 6 heteroatoms. The fourth-order valence-corrected chi connectivity index (χ4v) is 3.24. The maximum absolute atomic E-state index is 6.04. The van der Waals surface area contributed by atoms with E-state index in [1.165, 1.54) is 0 Å². The minimum absolute atomic E-state index is 0.466. The molecule has 0 saturated heterocycles. The Kier molecular flexibility index (Phi) is 3.22. The Morgan fingerprint density at radius 2 is 1.89 bits per heavy atom. The van der Waals surface area contributed by atoms with E-state index in [2.05, 4.69) is 10.2 Å². The lowest BCUT2D eigenvalue weighted by molar-refractivity contribution is 1.10. The molecule has 0 radical (unpaired) electrons. The van der Waals surface area contributed by atoms with E-state index in [4.69, 9.17) is 28.9 Å². The minimum Gasteiger partial charge on any atom is -0.382 e. The molecule has 3 N–H and O–H groups in total. The lowest BCUT2D eigenvalue weighted by atomic mass is 10.1. The van der Waals surface area contributed by atoms with Crippen molar-refractivity contribution >= 4 is 40.4 Å². The number of benzene rings is 1. The molecule has 19 heavy (non-hydrogen) atoms. The van der Waals surface area contributed by atoms with Crippen LogP contribution in [0, 0.1) is 0 Å². The molecule has 0 amide bonds. The highest BCUT2D eigenvalue weighted by Gasteiger charge is 2.16. The molecule has 0 aliphatic heterocycles. The van der Waals surface area contributed by atoms with Gasteiger partial charge in [0.05, 0.1) is 11.3 Å². The maximum Gasteiger partial charge on any atom is 0.154 e. The molecule has 0 aliphatic carbocycles. The van der Waals surface area contributed by atoms with E-state index in [9.17, 15) is 0 Å². The third kappa shape index (κ3) is 2.34. The molecular weight excluding hydrogens is 301 g/mol. The largest absolute Gasteiger partial charge is 0.382 e. The van der Waals surface area contributed by atoms with Crippen molar-refractivity contribution in [2.24, 2.45) is 0 Å². The smallest absolute Gasteiger partial charge is 0.154 e. The van der Waals surface area contributed by atoms with Crippen molar-refractivity contribution in [2.45, 2.75) is 0 Å². The third-order valence-corrected chi connectivity index (χ3v) is 4.04. The number of rotatable bonds is 2. The minimum atomic E-state index is 0.466. The summed E-state index contributed by atoms with van der Waals surface area (Å²) in [6.07, 6.45) is 0. The summed E-state index contributed by atoms with van der Waals surface area (Å²) in [5.41, 5.74) is 8.52. The second-order valence-corrected chi connectivity index (χ2v) is 5.81. The number of anilines is 1. The van der Waals surface area contributed by atoms with Crippen molar-refractivity contribution in [3.63, 3.8) is 0 Å². The summed E-state index contributed by atoms with van der Waals surface area (Å²) in [6, 6.07) is 9.33. The molecule has 1 aromatic carbocycles. The topological polar surface area (TPSA) is 54.7 Å². The van der Waals surface area contributed by atoms with Gasteiger partial charge in [-0.1, -0.05) is 29.3 Å². The van der Waals surface area contributed by atoms with Gasteiger partial charge in [-0.25, -0.2) is 0 Å². The Morgan fingerprint density at radius 3 is 2.53 bits per heavy atom. The van der Waals surface area contributed by atoms with Crippen molar-refractivity contribution in [3.05, 3.63) is 45.8 Å². The second kappa shape index (κ2) is 4.89. The molecule has 3 aromatic rings. The molecule has 2 aromatic heterocycles. The number of nitrogen functional groups attached to an aromatic ring is 1. The number of nitrogens with one attached hydrogen (secondary N) is 1. The van der Waals surface area contributed by atoms with Crippen LogP contribution < -0.4 is 5.73 Å². The van der Waals surface area contributed by atoms with Gasteiger partial charge in [0.25, 0.3) is 0 Å². The molecule has 0 bridgehead atoms. The van der Waals surface area contributed by atoms with Gasteiger partial charge in [-0.2, -0.15) is 5.10 Å². The highest BCUT2D eigenvalue weighted by molar-refractivity contribution is 7.13. The number of aromatic nitrogens is 2. The lowest BCUT2D eigenvalue weighted by Gasteiger charge is -2.04. The number of aromatic amines is 1. The van der Waals surface area contributed by atoms with Crippen LogP contribution in [-0.2, 0) is 0 Å². The zero-order valence-corrected chi connectivity index (χ0v) is 12.0. The van der Waals surface area contributed by atoms with E-state index in [0.717, 1.165) is 21.7 Å². The van der Waals surface area contributed by atoms with Crippen LogP contribution in [0.3, 0.4) is 0 Å². The molecule has 2 heterocycles. The highest BCUT2D eigenvalue weighted by Crippen LogP contribution is 2.38. The number of hydrogen-bond acceptors (Lipinski definition) is 3. The van der Waals surface area contributed by atoms with Crippen LogP contribution in [0.2, 0.25) is 10.0 Å². The average molecular weight is 310 g/mol. The van der Waals surface area contributed by atoms with Crippen LogP contribution in [0.25, 0.3) is 21.7 Å². The summed E-state index contributed by atoms with van der Waals surface area (Å²) < 4.78 is 0. The molecule has 0 spiro atoms. The summed E-state index contributed by atoms with van der Waals surface area (Å²) in [4.78, 5) is 1.05. The fourth-order valence-electron chi connectivity index (χ4n) is 1.93. The van der Waals surface area contributed by atoms with Crippen molar-refractivity contribution in [3.8, 4) is 21.7 Å². The van der Waals surface area contributed by atoms with Crippen molar-refractivity contribution in [2.75, 3.05) is 5.73 Å². The van der Waals surface area contributed by atoms with Crippen molar-refractivity contribution < 1.29 is 0 Å². The molecule has 0 saturated carbocycles. The first-order valence-corrected chi connectivity index (χ1v) is 7.13. The standard InChI is InChI=1S/C13H9Cl2N3S/c14-8-4-7(5-9(15)6-8)12-11(13(16)18-17-12)10-2-1-3-19-10/h1-6H,(H3,16,17,18). The van der Waals surface area contributed by atoms with Crippen molar-refractivity contribution in [1.82, 2.24) is 10.2 Å². The number of hydrogen-bond donors (Lipinski definition) is 2. The zero-order valence-electron chi connectivity index (χ0n) is 9.65. The molecule has 0 unspecified atom stereocenters. The monoisotopic (exact) mass is 309 g/mol. The van der Waals surface area contributed by atoms with Gasteiger partial charge in [-0.05, 0) is 29.6 Å². The van der Waals surface area contributed by atoms with E-state index < -0.39 is 0 Å². The van der Waals surface area contributed by atoms with Crippen LogP contribution in [0.5, 0.6) is 0 Å². The van der Waals surface area contributed by atoms with Gasteiger partial charge in [0.1, 0.15) is 0 Å². The van der Waals surface area contributed by atoms with Crippen LogP contribution in [0.15, 0.2) is 35.7 Å². The maximum atomic E-state index is 6.04. The third-order valence-electron chi connectivity index (χ3n) is 2.71. The summed E-state index contributed by atoms with van der Waals surface area (Å²) in [6.45, 7) is 0. The molecule has 96 valence electrons. The number of nitrogens with two attached hydrogens (primary N) is 1. The van der Waals surface area contributed by atoms with Gasteiger partial charge in [0.15, 0.2) is 5.82 Å². The normalized spacial score (nSPS) is 10.8. The van der Waals surface area contributed by atoms with E-state index in [-0.39, 0.29) is 0 Å². The SMILES string of the molecule is Nc1n[nH]c(-c2cc(Cl)cc(Cl)c2)c1-c1cccs1. The Hall–Kier alpha value is -1.49. The van der Waals surface area contributed by atoms with Gasteiger partial charge < -0.3 is 5.73 Å². The Bertz CT molecular complexity index is 699. The average Bonchev–Trinajstić information content (AvgIpc) is 2.96. The highest BCUT2D eigenvalue weighted by atomic mass is 35.5. The first kappa shape index (κ1) is 12.5. The molecule has 3 nitrogen and oxygen atoms in total. The number of H-pyrrole nitrogens is 1. The predicted octanol–water partition coefficient (Wildman–Crippen LogP) is 4.69. The van der Waals surface area contributed by atoms with Crippen LogP contribution in [-0.4, -0.2) is 10.2 Å². The van der Waals surface area contributed by atoms with Crippen molar-refractivity contribution in [1.29, 1.82) is 0 Å². The zero-order chi connectivity index (χ0) is 13.4. The first-order chi connectivity index (χ1) is 9.15. The molecule has 0 fully saturated rings. The van der Waals surface area contributed by atoms with Gasteiger partial charge in [0, 0.05) is 20.5 Å². The molecular formula is C13H9Cl2N3S. The van der Waals surface area contributed by atoms with E-state index in [1.54, 1.807) is 17.4 Å². The number of halogens is 2. The van der Waals surface area contributed by atoms with E-state index in [1.807, 2.05) is 29.6 Å². The number of thiophene rings is 1. The Labute approximate surface area is 124 Å².